The van der Waals surface area contributed by atoms with Gasteiger partial charge in [0.1, 0.15) is 0 Å². The zero-order valence-electron chi connectivity index (χ0n) is 11.1. The van der Waals surface area contributed by atoms with Gasteiger partial charge in [0, 0.05) is 21.5 Å². The maximum Gasteiger partial charge on any atom is 0.168 e. The third-order valence-electron chi connectivity index (χ3n) is 3.41. The van der Waals surface area contributed by atoms with Gasteiger partial charge in [0.25, 0.3) is 0 Å². The summed E-state index contributed by atoms with van der Waals surface area (Å²) in [6, 6.07) is 19.5. The van der Waals surface area contributed by atoms with Gasteiger partial charge in [-0.25, -0.2) is 0 Å². The lowest BCUT2D eigenvalue weighted by Crippen LogP contribution is -2.04. The molecule has 0 saturated carbocycles. The standard InChI is InChI=1S/C18H12BrClO/c19-17-11-15(20)7-8-16(17)18(21)10-12-5-6-13-3-1-2-4-14(13)9-12/h1-9,11H,10H2. The van der Waals surface area contributed by atoms with Crippen LogP contribution in [0.1, 0.15) is 15.9 Å². The van der Waals surface area contributed by atoms with Crippen LogP contribution in [-0.2, 0) is 6.42 Å². The van der Waals surface area contributed by atoms with E-state index >= 15 is 0 Å². The van der Waals surface area contributed by atoms with E-state index < -0.39 is 0 Å². The molecule has 0 aliphatic heterocycles. The highest BCUT2D eigenvalue weighted by Crippen LogP contribution is 2.24. The number of ketones is 1. The van der Waals surface area contributed by atoms with Crippen LogP contribution in [0, 0.1) is 0 Å². The Balaban J connectivity index is 1.89. The Bertz CT molecular complexity index is 826. The van der Waals surface area contributed by atoms with Gasteiger partial charge >= 0.3 is 0 Å². The molecule has 0 aromatic heterocycles. The molecule has 0 N–H and O–H groups in total. The topological polar surface area (TPSA) is 17.1 Å². The molecule has 0 aliphatic carbocycles. The molecule has 0 heterocycles. The molecule has 0 aliphatic rings. The Morgan fingerprint density at radius 1 is 0.952 bits per heavy atom. The van der Waals surface area contributed by atoms with Gasteiger partial charge in [0.05, 0.1) is 0 Å². The molecule has 3 aromatic carbocycles. The second-order valence-corrected chi connectivity index (χ2v) is 6.20. The molecule has 0 bridgehead atoms. The zero-order valence-corrected chi connectivity index (χ0v) is 13.5. The molecule has 0 radical (unpaired) electrons. The van der Waals surface area contributed by atoms with E-state index in [4.69, 9.17) is 11.6 Å². The SMILES string of the molecule is O=C(Cc1ccc2ccccc2c1)c1ccc(Cl)cc1Br. The predicted octanol–water partition coefficient (Wildman–Crippen LogP) is 5.68. The van der Waals surface area contributed by atoms with Crippen molar-refractivity contribution in [2.75, 3.05) is 0 Å². The Labute approximate surface area is 136 Å². The highest BCUT2D eigenvalue weighted by Gasteiger charge is 2.11. The summed E-state index contributed by atoms with van der Waals surface area (Å²) in [6.07, 6.45) is 0.380. The Kier molecular flexibility index (Phi) is 4.09. The summed E-state index contributed by atoms with van der Waals surface area (Å²) in [7, 11) is 0. The monoisotopic (exact) mass is 358 g/mol. The summed E-state index contributed by atoms with van der Waals surface area (Å²) < 4.78 is 0.737. The van der Waals surface area contributed by atoms with E-state index in [0.29, 0.717) is 17.0 Å². The van der Waals surface area contributed by atoms with Crippen molar-refractivity contribution in [3.8, 4) is 0 Å². The molecule has 1 nitrogen and oxygen atoms in total. The molecular formula is C18H12BrClO. The van der Waals surface area contributed by atoms with Gasteiger partial charge < -0.3 is 0 Å². The maximum atomic E-state index is 12.4. The first-order chi connectivity index (χ1) is 10.1. The van der Waals surface area contributed by atoms with Crippen molar-refractivity contribution in [3.63, 3.8) is 0 Å². The van der Waals surface area contributed by atoms with Crippen LogP contribution in [0.25, 0.3) is 10.8 Å². The van der Waals surface area contributed by atoms with Crippen molar-refractivity contribution in [2.45, 2.75) is 6.42 Å². The number of hydrogen-bond acceptors (Lipinski definition) is 1. The molecule has 3 heteroatoms. The van der Waals surface area contributed by atoms with E-state index in [-0.39, 0.29) is 5.78 Å². The van der Waals surface area contributed by atoms with Crippen molar-refractivity contribution in [3.05, 3.63) is 81.3 Å². The van der Waals surface area contributed by atoms with Gasteiger partial charge in [-0.3, -0.25) is 4.79 Å². The fourth-order valence-corrected chi connectivity index (χ4v) is 3.25. The fourth-order valence-electron chi connectivity index (χ4n) is 2.34. The third kappa shape index (κ3) is 3.17. The van der Waals surface area contributed by atoms with Gasteiger partial charge in [-0.1, -0.05) is 54.1 Å². The number of carbonyl (C=O) groups excluding carboxylic acids is 1. The summed E-state index contributed by atoms with van der Waals surface area (Å²) >= 11 is 9.30. The Hall–Kier alpha value is -1.64. The van der Waals surface area contributed by atoms with Crippen molar-refractivity contribution in [1.29, 1.82) is 0 Å². The summed E-state index contributed by atoms with van der Waals surface area (Å²) in [6.45, 7) is 0. The highest BCUT2D eigenvalue weighted by molar-refractivity contribution is 9.10. The molecule has 104 valence electrons. The van der Waals surface area contributed by atoms with Crippen LogP contribution in [0.2, 0.25) is 5.02 Å². The van der Waals surface area contributed by atoms with Gasteiger partial charge in [-0.2, -0.15) is 0 Å². The smallest absolute Gasteiger partial charge is 0.168 e. The molecule has 0 fully saturated rings. The summed E-state index contributed by atoms with van der Waals surface area (Å²) in [5.74, 6) is 0.0776. The predicted molar refractivity (Wildman–Crippen MR) is 91.1 cm³/mol. The molecule has 3 rings (SSSR count). The minimum absolute atomic E-state index is 0.0776. The number of Topliss-reactive ketones (excluding diaryl/α,β-unsaturated/α-hetero) is 1. The average molecular weight is 360 g/mol. The quantitative estimate of drug-likeness (QED) is 0.550. The third-order valence-corrected chi connectivity index (χ3v) is 4.30. The molecule has 0 spiro atoms. The Morgan fingerprint density at radius 2 is 1.71 bits per heavy atom. The first-order valence-corrected chi connectivity index (χ1v) is 7.76. The van der Waals surface area contributed by atoms with E-state index in [1.54, 1.807) is 18.2 Å². The van der Waals surface area contributed by atoms with Crippen LogP contribution in [0.4, 0.5) is 0 Å². The molecule has 3 aromatic rings. The first-order valence-electron chi connectivity index (χ1n) is 6.59. The molecule has 0 amide bonds. The largest absolute Gasteiger partial charge is 0.294 e. The van der Waals surface area contributed by atoms with Crippen LogP contribution in [0.3, 0.4) is 0 Å². The average Bonchev–Trinajstić information content (AvgIpc) is 2.47. The molecule has 0 atom stereocenters. The second-order valence-electron chi connectivity index (χ2n) is 4.91. The van der Waals surface area contributed by atoms with Crippen molar-refractivity contribution in [2.24, 2.45) is 0 Å². The van der Waals surface area contributed by atoms with E-state index in [1.807, 2.05) is 18.2 Å². The fraction of sp³-hybridized carbons (Fsp3) is 0.0556. The lowest BCUT2D eigenvalue weighted by Gasteiger charge is -2.06. The summed E-state index contributed by atoms with van der Waals surface area (Å²) in [5, 5.41) is 2.95. The number of fused-ring (bicyclic) bond motifs is 1. The van der Waals surface area contributed by atoms with Crippen LogP contribution in [-0.4, -0.2) is 5.78 Å². The van der Waals surface area contributed by atoms with E-state index in [0.717, 1.165) is 15.4 Å². The van der Waals surface area contributed by atoms with Crippen LogP contribution in [0.5, 0.6) is 0 Å². The molecule has 0 unspecified atom stereocenters. The first kappa shape index (κ1) is 14.3. The lowest BCUT2D eigenvalue weighted by molar-refractivity contribution is 0.0992. The van der Waals surface area contributed by atoms with Crippen LogP contribution < -0.4 is 0 Å². The Morgan fingerprint density at radius 3 is 2.48 bits per heavy atom. The van der Waals surface area contributed by atoms with Gasteiger partial charge in [0.15, 0.2) is 5.78 Å². The van der Waals surface area contributed by atoms with E-state index in [1.165, 1.54) is 5.39 Å². The number of carbonyl (C=O) groups is 1. The van der Waals surface area contributed by atoms with Gasteiger partial charge in [-0.15, -0.1) is 0 Å². The van der Waals surface area contributed by atoms with Gasteiger partial charge in [0.2, 0.25) is 0 Å². The molecule has 0 saturated heterocycles. The van der Waals surface area contributed by atoms with E-state index in [2.05, 4.69) is 40.2 Å². The summed E-state index contributed by atoms with van der Waals surface area (Å²) in [4.78, 5) is 12.4. The normalized spacial score (nSPS) is 10.8. The lowest BCUT2D eigenvalue weighted by atomic mass is 10.0. The van der Waals surface area contributed by atoms with Crippen molar-refractivity contribution >= 4 is 44.1 Å². The van der Waals surface area contributed by atoms with Gasteiger partial charge in [-0.05, 0) is 50.5 Å². The molecule has 21 heavy (non-hydrogen) atoms. The summed E-state index contributed by atoms with van der Waals surface area (Å²) in [5.41, 5.74) is 1.67. The maximum absolute atomic E-state index is 12.4. The zero-order chi connectivity index (χ0) is 14.8. The number of benzene rings is 3. The van der Waals surface area contributed by atoms with E-state index in [9.17, 15) is 4.79 Å². The number of rotatable bonds is 3. The second kappa shape index (κ2) is 6.00. The van der Waals surface area contributed by atoms with Crippen LogP contribution in [0.15, 0.2) is 65.1 Å². The minimum Gasteiger partial charge on any atom is -0.294 e. The molecular weight excluding hydrogens is 348 g/mol. The number of hydrogen-bond donors (Lipinski definition) is 0. The highest BCUT2D eigenvalue weighted by atomic mass is 79.9. The minimum atomic E-state index is 0.0776. The number of halogens is 2. The van der Waals surface area contributed by atoms with Crippen LogP contribution >= 0.6 is 27.5 Å². The van der Waals surface area contributed by atoms with Crippen molar-refractivity contribution < 1.29 is 4.79 Å². The van der Waals surface area contributed by atoms with Crippen molar-refractivity contribution in [1.82, 2.24) is 0 Å².